The van der Waals surface area contributed by atoms with Crippen molar-refractivity contribution in [3.63, 3.8) is 0 Å². The maximum absolute atomic E-state index is 11.4. The van der Waals surface area contributed by atoms with E-state index in [-0.39, 0.29) is 22.5 Å². The third-order valence-corrected chi connectivity index (χ3v) is 2.48. The van der Waals surface area contributed by atoms with Crippen molar-refractivity contribution < 1.29 is 0 Å². The van der Waals surface area contributed by atoms with E-state index in [1.54, 1.807) is 0 Å². The highest BCUT2D eigenvalue weighted by atomic mass is 79.9. The number of rotatable bonds is 0. The molecule has 14 heavy (non-hydrogen) atoms. The molecule has 73 valence electrons. The summed E-state index contributed by atoms with van der Waals surface area (Å²) in [6, 6.07) is 7.84. The Morgan fingerprint density at radius 2 is 1.71 bits per heavy atom. The smallest absolute Gasteiger partial charge is 0.251 e. The van der Waals surface area contributed by atoms with E-state index in [1.165, 1.54) is 0 Å². The van der Waals surface area contributed by atoms with E-state index in [9.17, 15) is 4.79 Å². The summed E-state index contributed by atoms with van der Waals surface area (Å²) in [6.07, 6.45) is 0. The molecular weight excluding hydrogens is 242 g/mol. The Labute approximate surface area is 92.7 Å². The molecule has 1 aromatic heterocycles. The Balaban J connectivity index is 0.000000980. The molecule has 1 N–H and O–H groups in total. The minimum absolute atomic E-state index is 0. The van der Waals surface area contributed by atoms with E-state index in [2.05, 4.69) is 4.98 Å². The van der Waals surface area contributed by atoms with Gasteiger partial charge >= 0.3 is 0 Å². The van der Waals surface area contributed by atoms with Crippen LogP contribution in [0.2, 0.25) is 0 Å². The number of hydrogen-bond acceptors (Lipinski definition) is 1. The summed E-state index contributed by atoms with van der Waals surface area (Å²) in [5.41, 5.74) is 2.80. The molecule has 2 aromatic rings. The van der Waals surface area contributed by atoms with Crippen molar-refractivity contribution in [3.05, 3.63) is 45.7 Å². The Hall–Kier alpha value is -1.09. The van der Waals surface area contributed by atoms with Gasteiger partial charge in [-0.1, -0.05) is 18.2 Å². The largest absolute Gasteiger partial charge is 0.322 e. The molecule has 0 bridgehead atoms. The van der Waals surface area contributed by atoms with Gasteiger partial charge in [-0.15, -0.1) is 0 Å². The third-order valence-electron chi connectivity index (χ3n) is 2.48. The van der Waals surface area contributed by atoms with Crippen LogP contribution in [0, 0.1) is 13.8 Å². The van der Waals surface area contributed by atoms with Crippen LogP contribution >= 0.6 is 17.0 Å². The lowest BCUT2D eigenvalue weighted by Crippen LogP contribution is -2.10. The number of aryl methyl sites for hydroxylation is 1. The van der Waals surface area contributed by atoms with Crippen LogP contribution < -0.4 is 5.56 Å². The SMILES string of the molecule is Cc1c(C)c2ccccc2[nH]c1=O.[Br]. The molecule has 0 atom stereocenters. The Morgan fingerprint density at radius 3 is 2.43 bits per heavy atom. The van der Waals surface area contributed by atoms with Crippen molar-refractivity contribution in [2.45, 2.75) is 13.8 Å². The molecule has 2 nitrogen and oxygen atoms in total. The van der Waals surface area contributed by atoms with E-state index < -0.39 is 0 Å². The zero-order chi connectivity index (χ0) is 9.42. The summed E-state index contributed by atoms with van der Waals surface area (Å²) < 4.78 is 0. The number of hydrogen-bond donors (Lipinski definition) is 1. The van der Waals surface area contributed by atoms with Crippen LogP contribution in [-0.4, -0.2) is 4.98 Å². The van der Waals surface area contributed by atoms with Crippen molar-refractivity contribution in [2.24, 2.45) is 0 Å². The number of para-hydroxylation sites is 1. The van der Waals surface area contributed by atoms with E-state index in [0.29, 0.717) is 0 Å². The normalized spacial score (nSPS) is 9.86. The number of halogens is 1. The van der Waals surface area contributed by atoms with Crippen LogP contribution in [0.5, 0.6) is 0 Å². The van der Waals surface area contributed by atoms with Gasteiger partial charge in [0, 0.05) is 33.4 Å². The van der Waals surface area contributed by atoms with Crippen LogP contribution in [0.1, 0.15) is 11.1 Å². The molecule has 0 saturated carbocycles. The van der Waals surface area contributed by atoms with Gasteiger partial charge in [0.1, 0.15) is 0 Å². The monoisotopic (exact) mass is 252 g/mol. The molecule has 0 spiro atoms. The fraction of sp³-hybridized carbons (Fsp3) is 0.182. The molecule has 0 saturated heterocycles. The first-order valence-corrected chi connectivity index (χ1v) is 4.28. The van der Waals surface area contributed by atoms with Gasteiger partial charge in [0.25, 0.3) is 5.56 Å². The van der Waals surface area contributed by atoms with E-state index in [1.807, 2.05) is 38.1 Å². The average Bonchev–Trinajstić information content (AvgIpc) is 2.15. The molecule has 1 heterocycles. The number of fused-ring (bicyclic) bond motifs is 1. The lowest BCUT2D eigenvalue weighted by atomic mass is 10.1. The van der Waals surface area contributed by atoms with Crippen LogP contribution in [0.15, 0.2) is 29.1 Å². The molecule has 2 rings (SSSR count). The zero-order valence-corrected chi connectivity index (χ0v) is 9.68. The lowest BCUT2D eigenvalue weighted by molar-refractivity contribution is 1.20. The Bertz CT molecular complexity index is 516. The number of nitrogens with one attached hydrogen (secondary N) is 1. The summed E-state index contributed by atoms with van der Waals surface area (Å²) in [6.45, 7) is 3.83. The van der Waals surface area contributed by atoms with Gasteiger partial charge in [-0.05, 0) is 25.5 Å². The number of pyridine rings is 1. The zero-order valence-electron chi connectivity index (χ0n) is 8.10. The maximum atomic E-state index is 11.4. The van der Waals surface area contributed by atoms with Crippen molar-refractivity contribution in [1.29, 1.82) is 0 Å². The third kappa shape index (κ3) is 1.60. The molecule has 3 heteroatoms. The van der Waals surface area contributed by atoms with E-state index in [0.717, 1.165) is 22.0 Å². The summed E-state index contributed by atoms with van der Waals surface area (Å²) in [7, 11) is 0. The molecule has 1 aromatic carbocycles. The van der Waals surface area contributed by atoms with Crippen molar-refractivity contribution in [3.8, 4) is 0 Å². The van der Waals surface area contributed by atoms with Crippen molar-refractivity contribution in [1.82, 2.24) is 4.98 Å². The summed E-state index contributed by atoms with van der Waals surface area (Å²) >= 11 is 0. The lowest BCUT2D eigenvalue weighted by Gasteiger charge is -2.03. The van der Waals surface area contributed by atoms with Crippen LogP contribution in [0.25, 0.3) is 10.9 Å². The molecule has 0 aliphatic rings. The Kier molecular flexibility index (Phi) is 3.11. The second-order valence-electron chi connectivity index (χ2n) is 3.25. The van der Waals surface area contributed by atoms with Gasteiger partial charge in [0.15, 0.2) is 0 Å². The summed E-state index contributed by atoms with van der Waals surface area (Å²) in [4.78, 5) is 14.2. The van der Waals surface area contributed by atoms with E-state index >= 15 is 0 Å². The van der Waals surface area contributed by atoms with Crippen LogP contribution in [0.3, 0.4) is 0 Å². The highest BCUT2D eigenvalue weighted by Gasteiger charge is 2.02. The second kappa shape index (κ2) is 3.96. The van der Waals surface area contributed by atoms with Crippen LogP contribution in [0.4, 0.5) is 0 Å². The van der Waals surface area contributed by atoms with E-state index in [4.69, 9.17) is 0 Å². The molecule has 0 aliphatic heterocycles. The number of aromatic nitrogens is 1. The first-order valence-electron chi connectivity index (χ1n) is 4.28. The number of H-pyrrole nitrogens is 1. The van der Waals surface area contributed by atoms with Gasteiger partial charge in [-0.2, -0.15) is 0 Å². The van der Waals surface area contributed by atoms with Crippen LogP contribution in [-0.2, 0) is 0 Å². The fourth-order valence-electron chi connectivity index (χ4n) is 1.51. The number of aromatic amines is 1. The first-order chi connectivity index (χ1) is 6.20. The molecule has 0 aliphatic carbocycles. The van der Waals surface area contributed by atoms with Gasteiger partial charge in [0.05, 0.1) is 0 Å². The van der Waals surface area contributed by atoms with Crippen molar-refractivity contribution >= 4 is 27.9 Å². The quantitative estimate of drug-likeness (QED) is 0.769. The highest BCUT2D eigenvalue weighted by molar-refractivity contribution is 8.93. The Morgan fingerprint density at radius 1 is 1.07 bits per heavy atom. The van der Waals surface area contributed by atoms with Gasteiger partial charge in [-0.25, -0.2) is 0 Å². The fourth-order valence-corrected chi connectivity index (χ4v) is 1.51. The number of benzene rings is 1. The average molecular weight is 253 g/mol. The topological polar surface area (TPSA) is 32.9 Å². The predicted molar refractivity (Wildman–Crippen MR) is 63.0 cm³/mol. The minimum Gasteiger partial charge on any atom is -0.322 e. The predicted octanol–water partition coefficient (Wildman–Crippen LogP) is 2.99. The highest BCUT2D eigenvalue weighted by Crippen LogP contribution is 2.15. The first kappa shape index (κ1) is 11.0. The van der Waals surface area contributed by atoms with Gasteiger partial charge in [-0.3, -0.25) is 4.79 Å². The summed E-state index contributed by atoms with van der Waals surface area (Å²) in [5, 5.41) is 1.12. The molecular formula is C11H11BrNO. The molecule has 1 radical (unpaired) electrons. The standard InChI is InChI=1S/C11H11NO.Br/c1-7-8(2)11(13)12-10-6-4-3-5-9(7)10;/h3-6H,1-2H3,(H,12,13);. The van der Waals surface area contributed by atoms with Gasteiger partial charge in [0.2, 0.25) is 0 Å². The molecule has 0 amide bonds. The maximum Gasteiger partial charge on any atom is 0.251 e. The van der Waals surface area contributed by atoms with Crippen molar-refractivity contribution in [2.75, 3.05) is 0 Å². The second-order valence-corrected chi connectivity index (χ2v) is 3.25. The minimum atomic E-state index is 0. The molecule has 0 unspecified atom stereocenters. The molecule has 0 fully saturated rings. The summed E-state index contributed by atoms with van der Waals surface area (Å²) in [5.74, 6) is 0. The van der Waals surface area contributed by atoms with Gasteiger partial charge < -0.3 is 4.98 Å².